The number of ether oxygens (including phenoxy) is 1. The highest BCUT2D eigenvalue weighted by Gasteiger charge is 2.41. The van der Waals surface area contributed by atoms with Crippen LogP contribution in [0.3, 0.4) is 0 Å². The van der Waals surface area contributed by atoms with Crippen LogP contribution in [0.5, 0.6) is 0 Å². The molecule has 7 heteroatoms. The fourth-order valence-corrected chi connectivity index (χ4v) is 3.97. The Kier molecular flexibility index (Phi) is 5.36. The van der Waals surface area contributed by atoms with Crippen LogP contribution in [-0.2, 0) is 11.3 Å². The molecule has 1 N–H and O–H groups in total. The van der Waals surface area contributed by atoms with Gasteiger partial charge in [-0.05, 0) is 60.7 Å². The molecular weight excluding hydrogens is 375 g/mol. The van der Waals surface area contributed by atoms with E-state index in [-0.39, 0.29) is 17.9 Å². The zero-order chi connectivity index (χ0) is 19.5. The van der Waals surface area contributed by atoms with Crippen molar-refractivity contribution in [3.05, 3.63) is 84.2 Å². The van der Waals surface area contributed by atoms with Gasteiger partial charge >= 0.3 is 0 Å². The van der Waals surface area contributed by atoms with Gasteiger partial charge in [-0.25, -0.2) is 4.39 Å². The number of aromatic nitrogens is 2. The lowest BCUT2D eigenvalue weighted by Crippen LogP contribution is -2.30. The van der Waals surface area contributed by atoms with Gasteiger partial charge in [0.15, 0.2) is 5.11 Å². The van der Waals surface area contributed by atoms with E-state index in [1.165, 1.54) is 12.1 Å². The molecule has 1 aliphatic rings. The summed E-state index contributed by atoms with van der Waals surface area (Å²) in [6.07, 6.45) is 3.82. The van der Waals surface area contributed by atoms with Gasteiger partial charge in [-0.1, -0.05) is 6.07 Å². The number of benzene rings is 1. The van der Waals surface area contributed by atoms with E-state index in [0.717, 1.165) is 23.6 Å². The van der Waals surface area contributed by atoms with Gasteiger partial charge in [-0.3, -0.25) is 4.98 Å². The molecule has 1 aliphatic heterocycles. The number of nitrogens with one attached hydrogen (secondary N) is 1. The van der Waals surface area contributed by atoms with E-state index in [1.54, 1.807) is 25.4 Å². The third-order valence-corrected chi connectivity index (χ3v) is 5.22. The van der Waals surface area contributed by atoms with E-state index in [1.807, 2.05) is 35.4 Å². The predicted octanol–water partition coefficient (Wildman–Crippen LogP) is 3.85. The van der Waals surface area contributed by atoms with Crippen molar-refractivity contribution >= 4 is 23.0 Å². The van der Waals surface area contributed by atoms with Crippen LogP contribution < -0.4 is 10.2 Å². The summed E-state index contributed by atoms with van der Waals surface area (Å²) in [7, 11) is 1.69. The van der Waals surface area contributed by atoms with Crippen molar-refractivity contribution < 1.29 is 9.13 Å². The minimum atomic E-state index is -0.275. The Morgan fingerprint density at radius 3 is 2.68 bits per heavy atom. The lowest BCUT2D eigenvalue weighted by molar-refractivity contribution is 0.186. The molecule has 0 aliphatic carbocycles. The first-order chi connectivity index (χ1) is 13.7. The SMILES string of the molecule is COCCn1cccc1[C@H]1[C@H](c2ccccn2)NC(=S)N1c1ccc(F)cc1. The molecule has 1 fully saturated rings. The molecule has 0 spiro atoms. The summed E-state index contributed by atoms with van der Waals surface area (Å²) in [5.74, 6) is -0.275. The molecule has 5 nitrogen and oxygen atoms in total. The molecule has 0 unspecified atom stereocenters. The number of methoxy groups -OCH3 is 1. The van der Waals surface area contributed by atoms with Gasteiger partial charge in [0.2, 0.25) is 0 Å². The lowest BCUT2D eigenvalue weighted by atomic mass is 10.0. The molecule has 0 saturated carbocycles. The summed E-state index contributed by atoms with van der Waals surface area (Å²) in [6.45, 7) is 1.34. The molecule has 3 aromatic rings. The number of pyridine rings is 1. The monoisotopic (exact) mass is 396 g/mol. The molecule has 1 aromatic carbocycles. The second-order valence-electron chi connectivity index (χ2n) is 6.59. The van der Waals surface area contributed by atoms with Crippen LogP contribution in [0.1, 0.15) is 23.5 Å². The van der Waals surface area contributed by atoms with Gasteiger partial charge in [0.1, 0.15) is 11.9 Å². The molecule has 28 heavy (non-hydrogen) atoms. The maximum Gasteiger partial charge on any atom is 0.174 e. The molecular formula is C21H21FN4OS. The second-order valence-corrected chi connectivity index (χ2v) is 6.98. The number of hydrogen-bond donors (Lipinski definition) is 1. The van der Waals surface area contributed by atoms with Gasteiger partial charge < -0.3 is 19.5 Å². The van der Waals surface area contributed by atoms with Gasteiger partial charge in [0.25, 0.3) is 0 Å². The Morgan fingerprint density at radius 1 is 1.14 bits per heavy atom. The molecule has 4 rings (SSSR count). The standard InChI is InChI=1S/C21H21FN4OS/c1-27-14-13-25-12-4-6-18(25)20-19(17-5-2-3-11-23-17)24-21(28)26(20)16-9-7-15(22)8-10-16/h2-12,19-20H,13-14H2,1H3,(H,24,28)/t19-,20-/m0/s1. The number of hydrogen-bond acceptors (Lipinski definition) is 3. The summed E-state index contributed by atoms with van der Waals surface area (Å²) in [5.41, 5.74) is 2.82. The van der Waals surface area contributed by atoms with Crippen LogP contribution in [0.25, 0.3) is 0 Å². The molecule has 3 heterocycles. The van der Waals surface area contributed by atoms with Crippen molar-refractivity contribution in [1.29, 1.82) is 0 Å². The molecule has 2 atom stereocenters. The van der Waals surface area contributed by atoms with Crippen LogP contribution in [0.15, 0.2) is 67.0 Å². The fourth-order valence-electron chi connectivity index (χ4n) is 3.62. The largest absolute Gasteiger partial charge is 0.383 e. The summed E-state index contributed by atoms with van der Waals surface area (Å²) < 4.78 is 20.9. The number of thiocarbonyl (C=S) groups is 1. The first-order valence-electron chi connectivity index (χ1n) is 9.09. The first-order valence-corrected chi connectivity index (χ1v) is 9.50. The Morgan fingerprint density at radius 2 is 1.96 bits per heavy atom. The molecule has 1 saturated heterocycles. The third-order valence-electron chi connectivity index (χ3n) is 4.91. The number of rotatable bonds is 6. The Balaban J connectivity index is 1.80. The fraction of sp³-hybridized carbons (Fsp3) is 0.238. The van der Waals surface area contributed by atoms with E-state index in [0.29, 0.717) is 11.7 Å². The highest BCUT2D eigenvalue weighted by molar-refractivity contribution is 7.80. The van der Waals surface area contributed by atoms with Crippen molar-refractivity contribution in [2.75, 3.05) is 18.6 Å². The molecule has 0 radical (unpaired) electrons. The highest BCUT2D eigenvalue weighted by atomic mass is 32.1. The molecule has 0 bridgehead atoms. The second kappa shape index (κ2) is 8.08. The normalized spacial score (nSPS) is 19.1. The van der Waals surface area contributed by atoms with Gasteiger partial charge in [0.05, 0.1) is 18.3 Å². The first kappa shape index (κ1) is 18.6. The van der Waals surface area contributed by atoms with Gasteiger partial charge in [-0.15, -0.1) is 0 Å². The minimum absolute atomic E-state index is 0.125. The van der Waals surface area contributed by atoms with Crippen molar-refractivity contribution in [1.82, 2.24) is 14.9 Å². The Labute approximate surface area is 168 Å². The van der Waals surface area contributed by atoms with Gasteiger partial charge in [-0.2, -0.15) is 0 Å². The maximum absolute atomic E-state index is 13.5. The summed E-state index contributed by atoms with van der Waals surface area (Å²) >= 11 is 5.67. The molecule has 2 aromatic heterocycles. The minimum Gasteiger partial charge on any atom is -0.383 e. The summed E-state index contributed by atoms with van der Waals surface area (Å²) in [5, 5.41) is 4.00. The number of anilines is 1. The van der Waals surface area contributed by atoms with Crippen molar-refractivity contribution in [2.24, 2.45) is 0 Å². The highest BCUT2D eigenvalue weighted by Crippen LogP contribution is 2.41. The van der Waals surface area contributed by atoms with E-state index in [4.69, 9.17) is 17.0 Å². The van der Waals surface area contributed by atoms with Crippen LogP contribution in [-0.4, -0.2) is 28.4 Å². The predicted molar refractivity (Wildman–Crippen MR) is 111 cm³/mol. The maximum atomic E-state index is 13.5. The number of halogens is 1. The van der Waals surface area contributed by atoms with Crippen LogP contribution in [0, 0.1) is 5.82 Å². The van der Waals surface area contributed by atoms with E-state index < -0.39 is 0 Å². The number of nitrogens with zero attached hydrogens (tertiary/aromatic N) is 3. The lowest BCUT2D eigenvalue weighted by Gasteiger charge is -2.29. The summed E-state index contributed by atoms with van der Waals surface area (Å²) in [4.78, 5) is 6.58. The zero-order valence-electron chi connectivity index (χ0n) is 15.5. The van der Waals surface area contributed by atoms with Crippen molar-refractivity contribution in [2.45, 2.75) is 18.6 Å². The average Bonchev–Trinajstić information content (AvgIpc) is 3.31. The van der Waals surface area contributed by atoms with E-state index >= 15 is 0 Å². The van der Waals surface area contributed by atoms with Crippen LogP contribution >= 0.6 is 12.2 Å². The molecule has 144 valence electrons. The molecule has 0 amide bonds. The average molecular weight is 396 g/mol. The topological polar surface area (TPSA) is 42.3 Å². The van der Waals surface area contributed by atoms with Crippen molar-refractivity contribution in [3.63, 3.8) is 0 Å². The van der Waals surface area contributed by atoms with Gasteiger partial charge in [0, 0.05) is 37.4 Å². The third kappa shape index (κ3) is 3.50. The van der Waals surface area contributed by atoms with Crippen LogP contribution in [0.2, 0.25) is 0 Å². The Hall–Kier alpha value is -2.77. The van der Waals surface area contributed by atoms with Crippen molar-refractivity contribution in [3.8, 4) is 0 Å². The van der Waals surface area contributed by atoms with E-state index in [9.17, 15) is 4.39 Å². The summed E-state index contributed by atoms with van der Waals surface area (Å²) in [6, 6.07) is 16.1. The smallest absolute Gasteiger partial charge is 0.174 e. The van der Waals surface area contributed by atoms with E-state index in [2.05, 4.69) is 20.9 Å². The quantitative estimate of drug-likeness (QED) is 0.641. The zero-order valence-corrected chi connectivity index (χ0v) is 16.3. The van der Waals surface area contributed by atoms with Crippen LogP contribution in [0.4, 0.5) is 10.1 Å². The Bertz CT molecular complexity index is 945.